The number of ether oxygens (including phenoxy) is 1. The van der Waals surface area contributed by atoms with Crippen LogP contribution in [0.25, 0.3) is 11.0 Å². The van der Waals surface area contributed by atoms with Crippen molar-refractivity contribution in [2.45, 2.75) is 37.8 Å². The lowest BCUT2D eigenvalue weighted by molar-refractivity contribution is 0.0854. The predicted octanol–water partition coefficient (Wildman–Crippen LogP) is 2.43. The fraction of sp³-hybridized carbons (Fsp3) is 0.643. The van der Waals surface area contributed by atoms with Crippen LogP contribution in [-0.4, -0.2) is 46.1 Å². The number of hydrogen-bond donors (Lipinski definition) is 0. The largest absolute Gasteiger partial charge is 0.381 e. The van der Waals surface area contributed by atoms with Crippen molar-refractivity contribution in [1.29, 1.82) is 0 Å². The zero-order valence-corrected chi connectivity index (χ0v) is 12.8. The molecule has 1 aliphatic heterocycles. The first-order valence-corrected chi connectivity index (χ1v) is 7.83. The molecule has 6 nitrogen and oxygen atoms in total. The maximum absolute atomic E-state index is 6.15. The number of fused-ring (bicyclic) bond motifs is 1. The number of halogens is 1. The summed E-state index contributed by atoms with van der Waals surface area (Å²) in [6, 6.07) is 0.909. The molecule has 2 aromatic rings. The number of rotatable bonds is 3. The van der Waals surface area contributed by atoms with Crippen molar-refractivity contribution in [3.05, 3.63) is 11.5 Å². The second-order valence-corrected chi connectivity index (χ2v) is 6.17. The van der Waals surface area contributed by atoms with E-state index in [9.17, 15) is 0 Å². The lowest BCUT2D eigenvalue weighted by atomic mass is 10.1. The molecule has 0 aromatic carbocycles. The Hall–Kier alpha value is -1.40. The molecule has 1 aliphatic carbocycles. The third-order valence-corrected chi connectivity index (χ3v) is 4.54. The second-order valence-electron chi connectivity index (χ2n) is 5.83. The Balaban J connectivity index is 1.76. The quantitative estimate of drug-likeness (QED) is 0.815. The van der Waals surface area contributed by atoms with E-state index in [0.29, 0.717) is 17.4 Å². The molecule has 4 rings (SSSR count). The first-order valence-electron chi connectivity index (χ1n) is 7.45. The van der Waals surface area contributed by atoms with Gasteiger partial charge in [0.2, 0.25) is 5.28 Å². The number of anilines is 1. The molecule has 1 saturated heterocycles. The molecule has 7 heteroatoms. The van der Waals surface area contributed by atoms with Crippen molar-refractivity contribution in [1.82, 2.24) is 19.7 Å². The SMILES string of the molecule is CN(c1nc(Cl)nc2c1cnn2C1CC1)C1CCOCC1. The van der Waals surface area contributed by atoms with Gasteiger partial charge in [-0.05, 0) is 37.3 Å². The summed E-state index contributed by atoms with van der Waals surface area (Å²) in [5.41, 5.74) is 0.853. The molecule has 0 N–H and O–H groups in total. The van der Waals surface area contributed by atoms with Gasteiger partial charge >= 0.3 is 0 Å². The van der Waals surface area contributed by atoms with Crippen LogP contribution in [0.2, 0.25) is 5.28 Å². The van der Waals surface area contributed by atoms with E-state index in [1.54, 1.807) is 0 Å². The van der Waals surface area contributed by atoms with Crippen molar-refractivity contribution < 1.29 is 4.74 Å². The monoisotopic (exact) mass is 307 g/mol. The molecule has 0 bridgehead atoms. The maximum Gasteiger partial charge on any atom is 0.226 e. The molecular formula is C14H18ClN5O. The van der Waals surface area contributed by atoms with Gasteiger partial charge in [-0.15, -0.1) is 0 Å². The van der Waals surface area contributed by atoms with Crippen LogP contribution in [0.3, 0.4) is 0 Å². The molecule has 0 atom stereocenters. The Bertz CT molecular complexity index is 663. The summed E-state index contributed by atoms with van der Waals surface area (Å²) in [6.07, 6.45) is 6.23. The Kier molecular flexibility index (Phi) is 3.23. The van der Waals surface area contributed by atoms with E-state index < -0.39 is 0 Å². The summed E-state index contributed by atoms with van der Waals surface area (Å²) in [5.74, 6) is 0.879. The third-order valence-electron chi connectivity index (χ3n) is 4.37. The van der Waals surface area contributed by atoms with Crippen LogP contribution in [0.4, 0.5) is 5.82 Å². The van der Waals surface area contributed by atoms with E-state index in [2.05, 4.69) is 27.0 Å². The van der Waals surface area contributed by atoms with Gasteiger partial charge in [0.15, 0.2) is 5.65 Å². The minimum absolute atomic E-state index is 0.291. The van der Waals surface area contributed by atoms with Crippen LogP contribution in [0.15, 0.2) is 6.20 Å². The van der Waals surface area contributed by atoms with E-state index in [4.69, 9.17) is 16.3 Å². The summed E-state index contributed by atoms with van der Waals surface area (Å²) in [5, 5.41) is 5.77. The zero-order chi connectivity index (χ0) is 14.4. The first-order chi connectivity index (χ1) is 10.2. The van der Waals surface area contributed by atoms with Gasteiger partial charge in [0.05, 0.1) is 17.6 Å². The van der Waals surface area contributed by atoms with E-state index in [-0.39, 0.29) is 0 Å². The third kappa shape index (κ3) is 2.36. The van der Waals surface area contributed by atoms with Crippen LogP contribution in [0.1, 0.15) is 31.7 Å². The van der Waals surface area contributed by atoms with E-state index in [1.807, 2.05) is 10.9 Å². The first kappa shape index (κ1) is 13.3. The van der Waals surface area contributed by atoms with Crippen molar-refractivity contribution in [2.75, 3.05) is 25.2 Å². The van der Waals surface area contributed by atoms with Gasteiger partial charge in [0.25, 0.3) is 0 Å². The lowest BCUT2D eigenvalue weighted by Crippen LogP contribution is -2.37. The highest BCUT2D eigenvalue weighted by Crippen LogP contribution is 2.38. The molecule has 0 amide bonds. The van der Waals surface area contributed by atoms with Gasteiger partial charge < -0.3 is 9.64 Å². The van der Waals surface area contributed by atoms with E-state index in [1.165, 1.54) is 12.8 Å². The maximum atomic E-state index is 6.15. The highest BCUT2D eigenvalue weighted by Gasteiger charge is 2.29. The molecule has 112 valence electrons. The van der Waals surface area contributed by atoms with E-state index in [0.717, 1.165) is 42.9 Å². The molecule has 2 fully saturated rings. The lowest BCUT2D eigenvalue weighted by Gasteiger charge is -2.32. The highest BCUT2D eigenvalue weighted by atomic mass is 35.5. The smallest absolute Gasteiger partial charge is 0.226 e. The Labute approximate surface area is 128 Å². The predicted molar refractivity (Wildman–Crippen MR) is 80.8 cm³/mol. The average molecular weight is 308 g/mol. The Morgan fingerprint density at radius 3 is 2.71 bits per heavy atom. The van der Waals surface area contributed by atoms with Crippen molar-refractivity contribution in [3.8, 4) is 0 Å². The van der Waals surface area contributed by atoms with Gasteiger partial charge in [-0.25, -0.2) is 4.68 Å². The molecule has 0 radical (unpaired) electrons. The molecule has 2 aromatic heterocycles. The van der Waals surface area contributed by atoms with Gasteiger partial charge in [-0.2, -0.15) is 15.1 Å². The minimum atomic E-state index is 0.291. The number of nitrogens with zero attached hydrogens (tertiary/aromatic N) is 5. The summed E-state index contributed by atoms with van der Waals surface area (Å²) >= 11 is 6.15. The topological polar surface area (TPSA) is 56.1 Å². The fourth-order valence-corrected chi connectivity index (χ4v) is 3.15. The van der Waals surface area contributed by atoms with Gasteiger partial charge in [-0.1, -0.05) is 0 Å². The Morgan fingerprint density at radius 2 is 2.00 bits per heavy atom. The van der Waals surface area contributed by atoms with Crippen molar-refractivity contribution >= 4 is 28.5 Å². The summed E-state index contributed by atoms with van der Waals surface area (Å²) in [7, 11) is 2.07. The normalized spacial score (nSPS) is 20.1. The van der Waals surface area contributed by atoms with Crippen LogP contribution < -0.4 is 4.90 Å². The van der Waals surface area contributed by atoms with Crippen molar-refractivity contribution in [2.24, 2.45) is 0 Å². The van der Waals surface area contributed by atoms with Crippen LogP contribution in [-0.2, 0) is 4.74 Å². The number of aromatic nitrogens is 4. The van der Waals surface area contributed by atoms with Crippen LogP contribution in [0.5, 0.6) is 0 Å². The van der Waals surface area contributed by atoms with Gasteiger partial charge in [0.1, 0.15) is 5.82 Å². The molecule has 3 heterocycles. The molecule has 21 heavy (non-hydrogen) atoms. The molecule has 2 aliphatic rings. The van der Waals surface area contributed by atoms with Crippen molar-refractivity contribution in [3.63, 3.8) is 0 Å². The van der Waals surface area contributed by atoms with Gasteiger partial charge in [0, 0.05) is 26.3 Å². The second kappa shape index (κ2) is 5.10. The standard InChI is InChI=1S/C14H18ClN5O/c1-19(9-4-6-21-7-5-9)12-11-8-16-20(10-2-3-10)13(11)18-14(15)17-12/h8-10H,2-7H2,1H3. The fourth-order valence-electron chi connectivity index (χ4n) is 2.99. The summed E-state index contributed by atoms with van der Waals surface area (Å²) in [6.45, 7) is 1.61. The molecule has 1 saturated carbocycles. The number of hydrogen-bond acceptors (Lipinski definition) is 5. The summed E-state index contributed by atoms with van der Waals surface area (Å²) < 4.78 is 7.43. The zero-order valence-electron chi connectivity index (χ0n) is 12.0. The molecule has 0 unspecified atom stereocenters. The van der Waals surface area contributed by atoms with Gasteiger partial charge in [-0.3, -0.25) is 0 Å². The molecule has 0 spiro atoms. The average Bonchev–Trinajstić information content (AvgIpc) is 3.27. The minimum Gasteiger partial charge on any atom is -0.381 e. The molecular weight excluding hydrogens is 290 g/mol. The Morgan fingerprint density at radius 1 is 1.24 bits per heavy atom. The van der Waals surface area contributed by atoms with Crippen LogP contribution >= 0.6 is 11.6 Å². The summed E-state index contributed by atoms with van der Waals surface area (Å²) in [4.78, 5) is 11.0. The van der Waals surface area contributed by atoms with Crippen LogP contribution in [0, 0.1) is 0 Å². The van der Waals surface area contributed by atoms with E-state index >= 15 is 0 Å². The highest BCUT2D eigenvalue weighted by molar-refractivity contribution is 6.28.